The van der Waals surface area contributed by atoms with E-state index in [1.807, 2.05) is 19.9 Å². The van der Waals surface area contributed by atoms with Crippen molar-refractivity contribution in [1.82, 2.24) is 0 Å². The summed E-state index contributed by atoms with van der Waals surface area (Å²) in [5.74, 6) is -0.694. The lowest BCUT2D eigenvalue weighted by Gasteiger charge is -2.33. The molecule has 1 atom stereocenters. The van der Waals surface area contributed by atoms with Crippen LogP contribution in [0.4, 0.5) is 0 Å². The van der Waals surface area contributed by atoms with Gasteiger partial charge in [0.1, 0.15) is 11.4 Å². The Hall–Kier alpha value is -1.22. The first kappa shape index (κ1) is 13.2. The van der Waals surface area contributed by atoms with Crippen LogP contribution in [0.2, 0.25) is 5.02 Å². The highest BCUT2D eigenvalue weighted by atomic mass is 35.5. The standard InChI is InChI=1S/C14H17ClO3/c1-8(13(16)17)10-6-9-4-5-14(2,3)18-12(9)11(15)7-10/h6-8H,4-5H2,1-3H3,(H,16,17). The van der Waals surface area contributed by atoms with E-state index in [1.165, 1.54) is 0 Å². The number of aliphatic carboxylic acids is 1. The molecule has 98 valence electrons. The summed E-state index contributed by atoms with van der Waals surface area (Å²) in [5, 5.41) is 9.54. The van der Waals surface area contributed by atoms with Crippen molar-refractivity contribution in [2.24, 2.45) is 0 Å². The molecule has 1 N–H and O–H groups in total. The number of ether oxygens (including phenoxy) is 1. The van der Waals surface area contributed by atoms with E-state index < -0.39 is 11.9 Å². The second-order valence-corrected chi connectivity index (χ2v) is 5.82. The Labute approximate surface area is 112 Å². The molecule has 0 saturated heterocycles. The van der Waals surface area contributed by atoms with Gasteiger partial charge in [0.15, 0.2) is 0 Å². The summed E-state index contributed by atoms with van der Waals surface area (Å²) in [6.45, 7) is 5.72. The van der Waals surface area contributed by atoms with E-state index in [9.17, 15) is 4.79 Å². The van der Waals surface area contributed by atoms with Crippen molar-refractivity contribution in [2.45, 2.75) is 45.1 Å². The molecule has 1 aliphatic rings. The number of carboxylic acid groups (broad SMARTS) is 1. The Morgan fingerprint density at radius 1 is 1.50 bits per heavy atom. The Bertz CT molecular complexity index is 494. The van der Waals surface area contributed by atoms with Gasteiger partial charge in [0.25, 0.3) is 0 Å². The number of carbonyl (C=O) groups is 1. The smallest absolute Gasteiger partial charge is 0.310 e. The number of fused-ring (bicyclic) bond motifs is 1. The van der Waals surface area contributed by atoms with Gasteiger partial charge in [0.05, 0.1) is 10.9 Å². The van der Waals surface area contributed by atoms with Gasteiger partial charge in [0.2, 0.25) is 0 Å². The van der Waals surface area contributed by atoms with Crippen LogP contribution >= 0.6 is 11.6 Å². The molecule has 1 unspecified atom stereocenters. The molecule has 2 rings (SSSR count). The van der Waals surface area contributed by atoms with Gasteiger partial charge in [-0.3, -0.25) is 4.79 Å². The molecule has 0 fully saturated rings. The van der Waals surface area contributed by atoms with Crippen molar-refractivity contribution in [1.29, 1.82) is 0 Å². The van der Waals surface area contributed by atoms with Gasteiger partial charge < -0.3 is 9.84 Å². The van der Waals surface area contributed by atoms with Crippen molar-refractivity contribution in [3.05, 3.63) is 28.3 Å². The molecule has 0 saturated carbocycles. The Kier molecular flexibility index (Phi) is 3.28. The predicted molar refractivity (Wildman–Crippen MR) is 70.5 cm³/mol. The molecule has 0 amide bonds. The molecule has 1 aromatic carbocycles. The van der Waals surface area contributed by atoms with E-state index in [1.54, 1.807) is 13.0 Å². The van der Waals surface area contributed by atoms with Crippen LogP contribution in [-0.2, 0) is 11.2 Å². The normalized spacial score (nSPS) is 18.7. The molecule has 3 nitrogen and oxygen atoms in total. The maximum Gasteiger partial charge on any atom is 0.310 e. The first-order chi connectivity index (χ1) is 8.30. The Balaban J connectivity index is 2.42. The molecule has 4 heteroatoms. The number of carboxylic acids is 1. The van der Waals surface area contributed by atoms with Crippen LogP contribution in [-0.4, -0.2) is 16.7 Å². The van der Waals surface area contributed by atoms with Gasteiger partial charge in [-0.05, 0) is 50.8 Å². The summed E-state index contributed by atoms with van der Waals surface area (Å²) in [6.07, 6.45) is 1.77. The van der Waals surface area contributed by atoms with Gasteiger partial charge >= 0.3 is 5.97 Å². The molecule has 0 bridgehead atoms. The molecule has 1 heterocycles. The topological polar surface area (TPSA) is 46.5 Å². The number of hydrogen-bond donors (Lipinski definition) is 1. The van der Waals surface area contributed by atoms with Crippen molar-refractivity contribution >= 4 is 17.6 Å². The van der Waals surface area contributed by atoms with Crippen LogP contribution < -0.4 is 4.74 Å². The second kappa shape index (κ2) is 4.47. The molecule has 1 aromatic rings. The monoisotopic (exact) mass is 268 g/mol. The highest BCUT2D eigenvalue weighted by Gasteiger charge is 2.29. The van der Waals surface area contributed by atoms with Gasteiger partial charge in [-0.15, -0.1) is 0 Å². The minimum atomic E-state index is -0.844. The van der Waals surface area contributed by atoms with E-state index in [4.69, 9.17) is 21.4 Å². The second-order valence-electron chi connectivity index (χ2n) is 5.41. The van der Waals surface area contributed by atoms with Crippen LogP contribution in [0.15, 0.2) is 12.1 Å². The third-order valence-electron chi connectivity index (χ3n) is 3.39. The summed E-state index contributed by atoms with van der Waals surface area (Å²) >= 11 is 6.21. The van der Waals surface area contributed by atoms with Gasteiger partial charge in [-0.2, -0.15) is 0 Å². The lowest BCUT2D eigenvalue weighted by molar-refractivity contribution is -0.138. The van der Waals surface area contributed by atoms with E-state index in [-0.39, 0.29) is 5.60 Å². The van der Waals surface area contributed by atoms with Crippen LogP contribution in [0.25, 0.3) is 0 Å². The largest absolute Gasteiger partial charge is 0.486 e. The molecular formula is C14H17ClO3. The number of hydrogen-bond acceptors (Lipinski definition) is 2. The number of benzene rings is 1. The van der Waals surface area contributed by atoms with Gasteiger partial charge in [0, 0.05) is 0 Å². The zero-order valence-corrected chi connectivity index (χ0v) is 11.5. The first-order valence-corrected chi connectivity index (χ1v) is 6.42. The van der Waals surface area contributed by atoms with Crippen LogP contribution in [0.1, 0.15) is 44.2 Å². The molecule has 18 heavy (non-hydrogen) atoms. The summed E-state index contributed by atoms with van der Waals surface area (Å²) in [7, 11) is 0. The summed E-state index contributed by atoms with van der Waals surface area (Å²) in [5.41, 5.74) is 1.52. The van der Waals surface area contributed by atoms with Gasteiger partial charge in [-0.1, -0.05) is 17.7 Å². The van der Waals surface area contributed by atoms with Crippen molar-refractivity contribution in [3.8, 4) is 5.75 Å². The summed E-state index contributed by atoms with van der Waals surface area (Å²) < 4.78 is 5.87. The van der Waals surface area contributed by atoms with Crippen molar-refractivity contribution in [2.75, 3.05) is 0 Å². The highest BCUT2D eigenvalue weighted by Crippen LogP contribution is 2.40. The quantitative estimate of drug-likeness (QED) is 0.891. The maximum absolute atomic E-state index is 11.0. The Morgan fingerprint density at radius 3 is 2.78 bits per heavy atom. The summed E-state index contributed by atoms with van der Waals surface area (Å²) in [4.78, 5) is 11.0. The maximum atomic E-state index is 11.0. The third-order valence-corrected chi connectivity index (χ3v) is 3.67. The number of aryl methyl sites for hydroxylation is 1. The SMILES string of the molecule is CC(C(=O)O)c1cc(Cl)c2c(c1)CCC(C)(C)O2. The van der Waals surface area contributed by atoms with E-state index in [2.05, 4.69) is 0 Å². The average Bonchev–Trinajstić information content (AvgIpc) is 2.28. The van der Waals surface area contributed by atoms with Crippen molar-refractivity contribution < 1.29 is 14.6 Å². The minimum absolute atomic E-state index is 0.212. The number of halogens is 1. The molecule has 0 radical (unpaired) electrons. The van der Waals surface area contributed by atoms with Crippen molar-refractivity contribution in [3.63, 3.8) is 0 Å². The lowest BCUT2D eigenvalue weighted by Crippen LogP contribution is -2.32. The third kappa shape index (κ3) is 2.46. The fourth-order valence-electron chi connectivity index (χ4n) is 2.13. The molecular weight excluding hydrogens is 252 g/mol. The molecule has 0 aliphatic carbocycles. The molecule has 1 aliphatic heterocycles. The van der Waals surface area contributed by atoms with Crippen LogP contribution in [0.3, 0.4) is 0 Å². The molecule has 0 aromatic heterocycles. The fourth-order valence-corrected chi connectivity index (χ4v) is 2.42. The van der Waals surface area contributed by atoms with E-state index in [0.29, 0.717) is 10.8 Å². The zero-order valence-electron chi connectivity index (χ0n) is 10.8. The fraction of sp³-hybridized carbons (Fsp3) is 0.500. The highest BCUT2D eigenvalue weighted by molar-refractivity contribution is 6.32. The summed E-state index contributed by atoms with van der Waals surface area (Å²) in [6, 6.07) is 3.59. The minimum Gasteiger partial charge on any atom is -0.486 e. The first-order valence-electron chi connectivity index (χ1n) is 6.04. The molecule has 0 spiro atoms. The van der Waals surface area contributed by atoms with E-state index >= 15 is 0 Å². The number of rotatable bonds is 2. The van der Waals surface area contributed by atoms with Crippen LogP contribution in [0.5, 0.6) is 5.75 Å². The van der Waals surface area contributed by atoms with Crippen LogP contribution in [0, 0.1) is 0 Å². The predicted octanol–water partition coefficient (Wildman–Crippen LogP) is 3.63. The van der Waals surface area contributed by atoms with E-state index in [0.717, 1.165) is 24.0 Å². The Morgan fingerprint density at radius 2 is 2.17 bits per heavy atom. The lowest BCUT2D eigenvalue weighted by atomic mass is 9.91. The van der Waals surface area contributed by atoms with Gasteiger partial charge in [-0.25, -0.2) is 0 Å². The average molecular weight is 269 g/mol. The zero-order chi connectivity index (χ0) is 13.5.